The van der Waals surface area contributed by atoms with Gasteiger partial charge in [0.2, 0.25) is 0 Å². The van der Waals surface area contributed by atoms with Crippen molar-refractivity contribution in [1.82, 2.24) is 15.1 Å². The standard InChI is InChI=1S/C11H19N3/c1-2-9-14-11(5-8-13-14)10-3-6-12-7-4-10/h5,8,10,12H,2-4,6-7,9H2,1H3. The molecule has 0 aromatic carbocycles. The second-order valence-electron chi connectivity index (χ2n) is 4.00. The van der Waals surface area contributed by atoms with Gasteiger partial charge in [-0.05, 0) is 38.4 Å². The molecule has 0 bridgehead atoms. The maximum Gasteiger partial charge on any atom is 0.0492 e. The minimum Gasteiger partial charge on any atom is -0.317 e. The maximum absolute atomic E-state index is 4.38. The summed E-state index contributed by atoms with van der Waals surface area (Å²) in [6.45, 7) is 5.57. The molecule has 3 nitrogen and oxygen atoms in total. The fourth-order valence-corrected chi connectivity index (χ4v) is 2.21. The number of piperidine rings is 1. The van der Waals surface area contributed by atoms with Crippen LogP contribution in [0.3, 0.4) is 0 Å². The van der Waals surface area contributed by atoms with Gasteiger partial charge in [-0.25, -0.2) is 0 Å². The molecule has 2 heterocycles. The van der Waals surface area contributed by atoms with Crippen LogP contribution >= 0.6 is 0 Å². The Hall–Kier alpha value is -0.830. The van der Waals surface area contributed by atoms with Gasteiger partial charge in [-0.15, -0.1) is 0 Å². The van der Waals surface area contributed by atoms with E-state index in [-0.39, 0.29) is 0 Å². The summed E-state index contributed by atoms with van der Waals surface area (Å²) in [4.78, 5) is 0. The third-order valence-electron chi connectivity index (χ3n) is 2.94. The number of hydrogen-bond acceptors (Lipinski definition) is 2. The van der Waals surface area contributed by atoms with Crippen molar-refractivity contribution < 1.29 is 0 Å². The highest BCUT2D eigenvalue weighted by Gasteiger charge is 2.18. The molecule has 14 heavy (non-hydrogen) atoms. The van der Waals surface area contributed by atoms with Gasteiger partial charge in [0.1, 0.15) is 0 Å². The summed E-state index contributed by atoms with van der Waals surface area (Å²) in [6.07, 6.45) is 5.62. The van der Waals surface area contributed by atoms with Crippen molar-refractivity contribution in [1.29, 1.82) is 0 Å². The van der Waals surface area contributed by atoms with Crippen LogP contribution < -0.4 is 5.32 Å². The highest BCUT2D eigenvalue weighted by molar-refractivity contribution is 5.09. The molecule has 3 heteroatoms. The van der Waals surface area contributed by atoms with Crippen LogP contribution in [0.2, 0.25) is 0 Å². The van der Waals surface area contributed by atoms with Gasteiger partial charge >= 0.3 is 0 Å². The first kappa shape index (κ1) is 9.71. The maximum atomic E-state index is 4.38. The van der Waals surface area contributed by atoms with Gasteiger partial charge in [0.25, 0.3) is 0 Å². The summed E-state index contributed by atoms with van der Waals surface area (Å²) in [6, 6.07) is 2.19. The average molecular weight is 193 g/mol. The number of aromatic nitrogens is 2. The number of hydrogen-bond donors (Lipinski definition) is 1. The molecule has 0 atom stereocenters. The third-order valence-corrected chi connectivity index (χ3v) is 2.94. The Balaban J connectivity index is 2.09. The molecule has 78 valence electrons. The van der Waals surface area contributed by atoms with Gasteiger partial charge in [0, 0.05) is 24.4 Å². The van der Waals surface area contributed by atoms with E-state index in [0.29, 0.717) is 0 Å². The van der Waals surface area contributed by atoms with Crippen LogP contribution in [-0.2, 0) is 6.54 Å². The zero-order valence-corrected chi connectivity index (χ0v) is 8.87. The van der Waals surface area contributed by atoms with Gasteiger partial charge in [0.15, 0.2) is 0 Å². The molecule has 0 amide bonds. The Morgan fingerprint density at radius 2 is 2.29 bits per heavy atom. The molecule has 2 rings (SSSR count). The lowest BCUT2D eigenvalue weighted by Crippen LogP contribution is -2.27. The zero-order chi connectivity index (χ0) is 9.80. The van der Waals surface area contributed by atoms with Crippen LogP contribution in [0.4, 0.5) is 0 Å². The highest BCUT2D eigenvalue weighted by atomic mass is 15.3. The number of nitrogens with one attached hydrogen (secondary N) is 1. The molecule has 0 unspecified atom stereocenters. The number of nitrogens with zero attached hydrogens (tertiary/aromatic N) is 2. The molecule has 1 aliphatic rings. The molecule has 1 aromatic rings. The van der Waals surface area contributed by atoms with E-state index < -0.39 is 0 Å². The smallest absolute Gasteiger partial charge is 0.0492 e. The molecular formula is C11H19N3. The summed E-state index contributed by atoms with van der Waals surface area (Å²) >= 11 is 0. The monoisotopic (exact) mass is 193 g/mol. The van der Waals surface area contributed by atoms with Gasteiger partial charge in [0.05, 0.1) is 0 Å². The van der Waals surface area contributed by atoms with E-state index >= 15 is 0 Å². The first-order chi connectivity index (χ1) is 6.92. The molecule has 0 spiro atoms. The van der Waals surface area contributed by atoms with Gasteiger partial charge in [-0.2, -0.15) is 5.10 Å². The lowest BCUT2D eigenvalue weighted by molar-refractivity contribution is 0.428. The van der Waals surface area contributed by atoms with Crippen molar-refractivity contribution in [2.45, 2.75) is 38.6 Å². The molecule has 1 saturated heterocycles. The van der Waals surface area contributed by atoms with E-state index in [1.807, 2.05) is 6.20 Å². The molecular weight excluding hydrogens is 174 g/mol. The molecule has 0 saturated carbocycles. The van der Waals surface area contributed by atoms with Crippen LogP contribution in [-0.4, -0.2) is 22.9 Å². The van der Waals surface area contributed by atoms with Crippen molar-refractivity contribution in [3.05, 3.63) is 18.0 Å². The van der Waals surface area contributed by atoms with Crippen molar-refractivity contribution in [3.8, 4) is 0 Å². The topological polar surface area (TPSA) is 29.9 Å². The van der Waals surface area contributed by atoms with Crippen molar-refractivity contribution in [3.63, 3.8) is 0 Å². The molecule has 1 N–H and O–H groups in total. The second kappa shape index (κ2) is 4.60. The summed E-state index contributed by atoms with van der Waals surface area (Å²) in [5.74, 6) is 0.727. The number of aryl methyl sites for hydroxylation is 1. The summed E-state index contributed by atoms with van der Waals surface area (Å²) < 4.78 is 2.18. The lowest BCUT2D eigenvalue weighted by Gasteiger charge is -2.23. The Morgan fingerprint density at radius 1 is 1.50 bits per heavy atom. The summed E-state index contributed by atoms with van der Waals surface area (Å²) in [5.41, 5.74) is 1.44. The Morgan fingerprint density at radius 3 is 3.00 bits per heavy atom. The SMILES string of the molecule is CCCn1nccc1C1CCNCC1. The van der Waals surface area contributed by atoms with Crippen molar-refractivity contribution >= 4 is 0 Å². The van der Waals surface area contributed by atoms with Crippen LogP contribution in [0.25, 0.3) is 0 Å². The van der Waals surface area contributed by atoms with E-state index in [2.05, 4.69) is 28.1 Å². The van der Waals surface area contributed by atoms with Gasteiger partial charge in [-0.3, -0.25) is 4.68 Å². The summed E-state index contributed by atoms with van der Waals surface area (Å²) in [7, 11) is 0. The van der Waals surface area contributed by atoms with E-state index in [9.17, 15) is 0 Å². The minimum atomic E-state index is 0.727. The Kier molecular flexibility index (Phi) is 3.19. The highest BCUT2D eigenvalue weighted by Crippen LogP contribution is 2.24. The Bertz CT molecular complexity index is 274. The molecule has 1 aromatic heterocycles. The van der Waals surface area contributed by atoms with Crippen LogP contribution in [0, 0.1) is 0 Å². The van der Waals surface area contributed by atoms with Gasteiger partial charge in [-0.1, -0.05) is 6.92 Å². The van der Waals surface area contributed by atoms with Crippen molar-refractivity contribution in [2.75, 3.05) is 13.1 Å². The molecule has 1 aliphatic heterocycles. The van der Waals surface area contributed by atoms with Crippen LogP contribution in [0.5, 0.6) is 0 Å². The largest absolute Gasteiger partial charge is 0.317 e. The predicted octanol–water partition coefficient (Wildman–Crippen LogP) is 1.76. The lowest BCUT2D eigenvalue weighted by atomic mass is 9.94. The zero-order valence-electron chi connectivity index (χ0n) is 8.87. The molecule has 0 radical (unpaired) electrons. The predicted molar refractivity (Wildman–Crippen MR) is 57.4 cm³/mol. The first-order valence-corrected chi connectivity index (χ1v) is 5.64. The Labute approximate surface area is 85.5 Å². The van der Waals surface area contributed by atoms with Crippen molar-refractivity contribution in [2.24, 2.45) is 0 Å². The normalized spacial score (nSPS) is 18.6. The van der Waals surface area contributed by atoms with E-state index in [4.69, 9.17) is 0 Å². The average Bonchev–Trinajstić information content (AvgIpc) is 2.68. The molecule has 1 fully saturated rings. The fourth-order valence-electron chi connectivity index (χ4n) is 2.21. The van der Waals surface area contributed by atoms with E-state index in [0.717, 1.165) is 25.6 Å². The van der Waals surface area contributed by atoms with Crippen LogP contribution in [0.1, 0.15) is 37.8 Å². The molecule has 0 aliphatic carbocycles. The van der Waals surface area contributed by atoms with Gasteiger partial charge < -0.3 is 5.32 Å². The van der Waals surface area contributed by atoms with E-state index in [1.54, 1.807) is 0 Å². The fraction of sp³-hybridized carbons (Fsp3) is 0.727. The third kappa shape index (κ3) is 1.98. The first-order valence-electron chi connectivity index (χ1n) is 5.64. The van der Waals surface area contributed by atoms with E-state index in [1.165, 1.54) is 25.0 Å². The minimum absolute atomic E-state index is 0.727. The van der Waals surface area contributed by atoms with Crippen LogP contribution in [0.15, 0.2) is 12.3 Å². The second-order valence-corrected chi connectivity index (χ2v) is 4.00. The quantitative estimate of drug-likeness (QED) is 0.792. The summed E-state index contributed by atoms with van der Waals surface area (Å²) in [5, 5.41) is 7.78. The number of rotatable bonds is 3.